The minimum atomic E-state index is -0.732. The van der Waals surface area contributed by atoms with Gasteiger partial charge in [0.1, 0.15) is 11.3 Å². The smallest absolute Gasteiger partial charge is 0.312 e. The average Bonchev–Trinajstić information content (AvgIpc) is 2.48. The maximum absolute atomic E-state index is 11.2. The number of ether oxygens (including phenoxy) is 1. The predicted molar refractivity (Wildman–Crippen MR) is 76.8 cm³/mol. The first-order valence-electron chi connectivity index (χ1n) is 6.27. The van der Waals surface area contributed by atoms with Gasteiger partial charge in [0.25, 0.3) is 0 Å². The van der Waals surface area contributed by atoms with Crippen molar-refractivity contribution in [1.82, 2.24) is 0 Å². The van der Waals surface area contributed by atoms with Crippen molar-refractivity contribution in [3.8, 4) is 22.6 Å². The topological polar surface area (TPSA) is 89.7 Å². The number of hydrogen-bond acceptors (Lipinski definition) is 5. The summed E-state index contributed by atoms with van der Waals surface area (Å²) < 4.78 is 5.42. The summed E-state index contributed by atoms with van der Waals surface area (Å²) in [7, 11) is 0. The molecule has 0 atom stereocenters. The molecule has 0 radical (unpaired) electrons. The van der Waals surface area contributed by atoms with Gasteiger partial charge in [0.05, 0.1) is 11.5 Å². The Morgan fingerprint density at radius 1 is 1.33 bits per heavy atom. The second-order valence-electron chi connectivity index (χ2n) is 4.21. The molecule has 0 saturated carbocycles. The molecule has 0 spiro atoms. The Kier molecular flexibility index (Phi) is 4.18. The number of carbonyl (C=O) groups is 1. The van der Waals surface area contributed by atoms with Crippen LogP contribution < -0.4 is 4.74 Å². The van der Waals surface area contributed by atoms with Gasteiger partial charge in [-0.2, -0.15) is 0 Å². The van der Waals surface area contributed by atoms with Crippen LogP contribution in [-0.4, -0.2) is 22.9 Å². The van der Waals surface area contributed by atoms with Crippen molar-refractivity contribution in [2.24, 2.45) is 0 Å². The van der Waals surface area contributed by atoms with Gasteiger partial charge in [-0.1, -0.05) is 30.3 Å². The van der Waals surface area contributed by atoms with E-state index < -0.39 is 16.4 Å². The first-order chi connectivity index (χ1) is 10.1. The molecule has 21 heavy (non-hydrogen) atoms. The van der Waals surface area contributed by atoms with Crippen molar-refractivity contribution >= 4 is 12.0 Å². The summed E-state index contributed by atoms with van der Waals surface area (Å²) in [5.41, 5.74) is 0.306. The van der Waals surface area contributed by atoms with Crippen LogP contribution in [0.5, 0.6) is 11.5 Å². The second-order valence-corrected chi connectivity index (χ2v) is 4.21. The van der Waals surface area contributed by atoms with Crippen LogP contribution in [-0.2, 0) is 0 Å². The number of aldehydes is 1. The minimum absolute atomic E-state index is 0.141. The van der Waals surface area contributed by atoms with Crippen LogP contribution in [0, 0.1) is 10.1 Å². The number of benzene rings is 2. The maximum atomic E-state index is 11.2. The fourth-order valence-corrected chi connectivity index (χ4v) is 2.04. The van der Waals surface area contributed by atoms with E-state index in [1.54, 1.807) is 37.3 Å². The highest BCUT2D eigenvalue weighted by Gasteiger charge is 2.25. The molecule has 0 aliphatic heterocycles. The summed E-state index contributed by atoms with van der Waals surface area (Å²) in [4.78, 5) is 21.5. The standard InChI is InChI=1S/C15H13NO5/c1-2-21-15-11(10-6-4-3-5-7-10)8-13(16(19)20)14(18)12(15)9-17/h3-9,18H,2H2,1H3. The third-order valence-corrected chi connectivity index (χ3v) is 2.96. The van der Waals surface area contributed by atoms with Crippen LogP contribution in [0.2, 0.25) is 0 Å². The van der Waals surface area contributed by atoms with E-state index in [0.29, 0.717) is 17.4 Å². The molecule has 0 amide bonds. The zero-order valence-corrected chi connectivity index (χ0v) is 11.3. The number of nitrogens with zero attached hydrogens (tertiary/aromatic N) is 1. The molecule has 0 saturated heterocycles. The normalized spacial score (nSPS) is 10.1. The Balaban J connectivity index is 2.80. The zero-order valence-electron chi connectivity index (χ0n) is 11.3. The molecule has 1 N–H and O–H groups in total. The Hall–Kier alpha value is -2.89. The van der Waals surface area contributed by atoms with Crippen LogP contribution >= 0.6 is 0 Å². The number of phenols is 1. The number of carbonyl (C=O) groups excluding carboxylic acids is 1. The molecule has 6 nitrogen and oxygen atoms in total. The van der Waals surface area contributed by atoms with Gasteiger partial charge in [-0.3, -0.25) is 14.9 Å². The van der Waals surface area contributed by atoms with Gasteiger partial charge in [0.2, 0.25) is 5.75 Å². The molecule has 0 aliphatic carbocycles. The van der Waals surface area contributed by atoms with Gasteiger partial charge < -0.3 is 9.84 Å². The van der Waals surface area contributed by atoms with Crippen LogP contribution in [0.3, 0.4) is 0 Å². The number of aromatic hydroxyl groups is 1. The maximum Gasteiger partial charge on any atom is 0.312 e. The minimum Gasteiger partial charge on any atom is -0.501 e. The lowest BCUT2D eigenvalue weighted by Gasteiger charge is -2.14. The molecule has 0 heterocycles. The van der Waals surface area contributed by atoms with Gasteiger partial charge in [0.15, 0.2) is 6.29 Å². The van der Waals surface area contributed by atoms with E-state index in [1.807, 2.05) is 0 Å². The molecular formula is C15H13NO5. The summed E-state index contributed by atoms with van der Waals surface area (Å²) in [6.45, 7) is 1.99. The average molecular weight is 287 g/mol. The SMILES string of the molecule is CCOc1c(-c2ccccc2)cc([N+](=O)[O-])c(O)c1C=O. The number of hydrogen-bond donors (Lipinski definition) is 1. The van der Waals surface area contributed by atoms with E-state index >= 15 is 0 Å². The van der Waals surface area contributed by atoms with Crippen molar-refractivity contribution in [1.29, 1.82) is 0 Å². The summed E-state index contributed by atoms with van der Waals surface area (Å²) in [5, 5.41) is 20.9. The van der Waals surface area contributed by atoms with Gasteiger partial charge in [-0.05, 0) is 12.5 Å². The van der Waals surface area contributed by atoms with Crippen LogP contribution in [0.4, 0.5) is 5.69 Å². The molecule has 2 aromatic carbocycles. The Labute approximate surface area is 120 Å². The first-order valence-corrected chi connectivity index (χ1v) is 6.27. The fraction of sp³-hybridized carbons (Fsp3) is 0.133. The monoisotopic (exact) mass is 287 g/mol. The van der Waals surface area contributed by atoms with Gasteiger partial charge in [0, 0.05) is 11.6 Å². The largest absolute Gasteiger partial charge is 0.501 e. The lowest BCUT2D eigenvalue weighted by Crippen LogP contribution is -2.01. The molecule has 0 bridgehead atoms. The van der Waals surface area contributed by atoms with Crippen molar-refractivity contribution in [2.45, 2.75) is 6.92 Å². The lowest BCUT2D eigenvalue weighted by molar-refractivity contribution is -0.385. The van der Waals surface area contributed by atoms with E-state index in [1.165, 1.54) is 6.07 Å². The van der Waals surface area contributed by atoms with Gasteiger partial charge in [-0.15, -0.1) is 0 Å². The highest BCUT2D eigenvalue weighted by molar-refractivity contribution is 5.92. The molecule has 6 heteroatoms. The number of nitro groups is 1. The van der Waals surface area contributed by atoms with Gasteiger partial charge in [-0.25, -0.2) is 0 Å². The lowest BCUT2D eigenvalue weighted by atomic mass is 9.99. The molecule has 0 aliphatic rings. The first kappa shape index (κ1) is 14.5. The number of nitro benzene ring substituents is 1. The molecule has 108 valence electrons. The van der Waals surface area contributed by atoms with E-state index in [9.17, 15) is 20.0 Å². The van der Waals surface area contributed by atoms with Gasteiger partial charge >= 0.3 is 5.69 Å². The second kappa shape index (κ2) is 6.04. The fourth-order valence-electron chi connectivity index (χ4n) is 2.04. The van der Waals surface area contributed by atoms with E-state index in [2.05, 4.69) is 0 Å². The summed E-state index contributed by atoms with van der Waals surface area (Å²) in [5.74, 6) is -0.542. The Bertz CT molecular complexity index is 682. The molecular weight excluding hydrogens is 274 g/mol. The van der Waals surface area contributed by atoms with E-state index in [-0.39, 0.29) is 17.9 Å². The quantitative estimate of drug-likeness (QED) is 0.518. The summed E-state index contributed by atoms with van der Waals surface area (Å²) in [6, 6.07) is 10.0. The number of rotatable bonds is 5. The summed E-state index contributed by atoms with van der Waals surface area (Å²) in [6.07, 6.45) is 0.361. The van der Waals surface area contributed by atoms with Crippen molar-refractivity contribution in [2.75, 3.05) is 6.61 Å². The van der Waals surface area contributed by atoms with Crippen molar-refractivity contribution in [3.63, 3.8) is 0 Å². The Morgan fingerprint density at radius 2 is 2.00 bits per heavy atom. The third kappa shape index (κ3) is 2.69. The van der Waals surface area contributed by atoms with Crippen LogP contribution in [0.1, 0.15) is 17.3 Å². The predicted octanol–water partition coefficient (Wildman–Crippen LogP) is 3.18. The Morgan fingerprint density at radius 3 is 2.52 bits per heavy atom. The van der Waals surface area contributed by atoms with E-state index in [4.69, 9.17) is 4.74 Å². The van der Waals surface area contributed by atoms with Crippen molar-refractivity contribution in [3.05, 3.63) is 52.1 Å². The third-order valence-electron chi connectivity index (χ3n) is 2.96. The molecule has 0 aromatic heterocycles. The van der Waals surface area contributed by atoms with Crippen LogP contribution in [0.25, 0.3) is 11.1 Å². The van der Waals surface area contributed by atoms with Crippen molar-refractivity contribution < 1.29 is 19.6 Å². The molecule has 2 rings (SSSR count). The van der Waals surface area contributed by atoms with E-state index in [0.717, 1.165) is 0 Å². The zero-order chi connectivity index (χ0) is 15.4. The molecule has 0 unspecified atom stereocenters. The molecule has 0 fully saturated rings. The van der Waals surface area contributed by atoms with Crippen LogP contribution in [0.15, 0.2) is 36.4 Å². The molecule has 2 aromatic rings. The highest BCUT2D eigenvalue weighted by atomic mass is 16.6. The highest BCUT2D eigenvalue weighted by Crippen LogP contribution is 2.43. The number of phenolic OH excluding ortho intramolecular Hbond substituents is 1. The summed E-state index contributed by atoms with van der Waals surface area (Å²) >= 11 is 0.